The molecule has 1 unspecified atom stereocenters. The number of aryl methyl sites for hydroxylation is 3. The van der Waals surface area contributed by atoms with Crippen molar-refractivity contribution in [3.05, 3.63) is 56.8 Å². The fraction of sp³-hybridized carbons (Fsp3) is 0.412. The van der Waals surface area contributed by atoms with E-state index >= 15 is 0 Å². The van der Waals surface area contributed by atoms with Gasteiger partial charge < -0.3 is 5.11 Å². The Morgan fingerprint density at radius 1 is 1.21 bits per heavy atom. The third-order valence-corrected chi connectivity index (χ3v) is 5.34. The molecule has 1 N–H and O–H groups in total. The Bertz CT molecular complexity index is 599. The quantitative estimate of drug-likeness (QED) is 0.895. The monoisotopic (exact) mass is 272 g/mol. The van der Waals surface area contributed by atoms with Crippen molar-refractivity contribution in [3.63, 3.8) is 0 Å². The van der Waals surface area contributed by atoms with Gasteiger partial charge >= 0.3 is 0 Å². The minimum atomic E-state index is -0.656. The molecule has 0 fully saturated rings. The summed E-state index contributed by atoms with van der Waals surface area (Å²) in [5.41, 5.74) is 3.05. The lowest BCUT2D eigenvalue weighted by atomic mass is 9.91. The van der Waals surface area contributed by atoms with E-state index in [1.54, 1.807) is 0 Å². The molecule has 3 rings (SSSR count). The zero-order chi connectivity index (χ0) is 13.5. The van der Waals surface area contributed by atoms with Crippen molar-refractivity contribution in [3.8, 4) is 0 Å². The molecule has 0 saturated heterocycles. The van der Waals surface area contributed by atoms with Gasteiger partial charge in [0, 0.05) is 16.2 Å². The smallest absolute Gasteiger partial charge is 0.0950 e. The van der Waals surface area contributed by atoms with Gasteiger partial charge in [0.05, 0.1) is 5.60 Å². The SMILES string of the molecule is CCc1ccc(CC2(O)CCc3ccc(C)cc32)s1. The first-order chi connectivity index (χ1) is 9.10. The predicted molar refractivity (Wildman–Crippen MR) is 80.8 cm³/mol. The van der Waals surface area contributed by atoms with Crippen LogP contribution in [-0.2, 0) is 24.9 Å². The topological polar surface area (TPSA) is 20.2 Å². The summed E-state index contributed by atoms with van der Waals surface area (Å²) in [6, 6.07) is 10.8. The van der Waals surface area contributed by atoms with Gasteiger partial charge in [-0.2, -0.15) is 0 Å². The third kappa shape index (κ3) is 2.35. The molecule has 1 aromatic carbocycles. The maximum Gasteiger partial charge on any atom is 0.0950 e. The standard InChI is InChI=1S/C17H20OS/c1-3-14-6-7-15(19-14)11-17(18)9-8-13-5-4-12(2)10-16(13)17/h4-7,10,18H,3,8-9,11H2,1-2H3. The van der Waals surface area contributed by atoms with E-state index in [1.807, 2.05) is 11.3 Å². The molecule has 0 saturated carbocycles. The van der Waals surface area contributed by atoms with Crippen LogP contribution in [0.4, 0.5) is 0 Å². The van der Waals surface area contributed by atoms with E-state index in [9.17, 15) is 5.11 Å². The summed E-state index contributed by atoms with van der Waals surface area (Å²) in [4.78, 5) is 2.70. The van der Waals surface area contributed by atoms with E-state index < -0.39 is 5.60 Å². The largest absolute Gasteiger partial charge is 0.385 e. The molecule has 2 aromatic rings. The number of aliphatic hydroxyl groups is 1. The fourth-order valence-corrected chi connectivity index (χ4v) is 4.06. The molecule has 0 radical (unpaired) electrons. The molecule has 0 amide bonds. The van der Waals surface area contributed by atoms with E-state index in [2.05, 4.69) is 44.2 Å². The van der Waals surface area contributed by atoms with E-state index in [0.29, 0.717) is 0 Å². The molecule has 0 aliphatic heterocycles. The molecule has 1 aliphatic rings. The maximum absolute atomic E-state index is 11.0. The first-order valence-corrected chi connectivity index (χ1v) is 7.82. The van der Waals surface area contributed by atoms with Gasteiger partial charge in [0.25, 0.3) is 0 Å². The molecule has 1 aromatic heterocycles. The van der Waals surface area contributed by atoms with Gasteiger partial charge in [-0.1, -0.05) is 30.7 Å². The highest BCUT2D eigenvalue weighted by molar-refractivity contribution is 7.12. The summed E-state index contributed by atoms with van der Waals surface area (Å²) in [6.45, 7) is 4.28. The Hall–Kier alpha value is -1.12. The van der Waals surface area contributed by atoms with Crippen molar-refractivity contribution in [2.75, 3.05) is 0 Å². The van der Waals surface area contributed by atoms with Crippen LogP contribution >= 0.6 is 11.3 Å². The minimum Gasteiger partial charge on any atom is -0.385 e. The second-order valence-corrected chi connectivity index (χ2v) is 6.84. The third-order valence-electron chi connectivity index (χ3n) is 4.11. The number of benzene rings is 1. The number of fused-ring (bicyclic) bond motifs is 1. The van der Waals surface area contributed by atoms with Gasteiger partial charge in [0.15, 0.2) is 0 Å². The lowest BCUT2D eigenvalue weighted by molar-refractivity contribution is 0.0397. The normalized spacial score (nSPS) is 21.6. The Balaban J connectivity index is 1.91. The summed E-state index contributed by atoms with van der Waals surface area (Å²) in [7, 11) is 0. The number of hydrogen-bond acceptors (Lipinski definition) is 2. The summed E-state index contributed by atoms with van der Waals surface area (Å²) >= 11 is 1.84. The van der Waals surface area contributed by atoms with Crippen LogP contribution in [0.5, 0.6) is 0 Å². The van der Waals surface area contributed by atoms with Crippen LogP contribution < -0.4 is 0 Å². The van der Waals surface area contributed by atoms with Gasteiger partial charge in [0.1, 0.15) is 0 Å². The Morgan fingerprint density at radius 3 is 2.74 bits per heavy atom. The average Bonchev–Trinajstić information content (AvgIpc) is 2.96. The van der Waals surface area contributed by atoms with Crippen molar-refractivity contribution in [2.24, 2.45) is 0 Å². The predicted octanol–water partition coefficient (Wildman–Crippen LogP) is 4.00. The van der Waals surface area contributed by atoms with Gasteiger partial charge in [-0.25, -0.2) is 0 Å². The first kappa shape index (κ1) is 12.9. The molecule has 0 spiro atoms. The Morgan fingerprint density at radius 2 is 2.00 bits per heavy atom. The molecule has 100 valence electrons. The Labute approximate surface area is 118 Å². The summed E-state index contributed by atoms with van der Waals surface area (Å²) in [5, 5.41) is 11.0. The molecule has 19 heavy (non-hydrogen) atoms. The van der Waals surface area contributed by atoms with Crippen LogP contribution in [0.3, 0.4) is 0 Å². The van der Waals surface area contributed by atoms with Crippen LogP contribution in [0.25, 0.3) is 0 Å². The lowest BCUT2D eigenvalue weighted by Gasteiger charge is -2.23. The van der Waals surface area contributed by atoms with Crippen LogP contribution in [0.2, 0.25) is 0 Å². The average molecular weight is 272 g/mol. The molecular formula is C17H20OS. The van der Waals surface area contributed by atoms with Crippen LogP contribution in [0.1, 0.15) is 39.8 Å². The first-order valence-electron chi connectivity index (χ1n) is 7.01. The van der Waals surface area contributed by atoms with Gasteiger partial charge in [-0.05, 0) is 49.4 Å². The van der Waals surface area contributed by atoms with Crippen LogP contribution in [0, 0.1) is 6.92 Å². The molecule has 2 heteroatoms. The van der Waals surface area contributed by atoms with E-state index in [-0.39, 0.29) is 0 Å². The zero-order valence-corrected chi connectivity index (χ0v) is 12.4. The highest BCUT2D eigenvalue weighted by Gasteiger charge is 2.37. The molecular weight excluding hydrogens is 252 g/mol. The van der Waals surface area contributed by atoms with E-state index in [0.717, 1.165) is 31.2 Å². The van der Waals surface area contributed by atoms with Crippen LogP contribution in [-0.4, -0.2) is 5.11 Å². The highest BCUT2D eigenvalue weighted by atomic mass is 32.1. The van der Waals surface area contributed by atoms with Gasteiger partial charge in [0.2, 0.25) is 0 Å². The number of thiophene rings is 1. The second-order valence-electron chi connectivity index (χ2n) is 5.59. The van der Waals surface area contributed by atoms with E-state index in [1.165, 1.54) is 20.9 Å². The van der Waals surface area contributed by atoms with Crippen molar-refractivity contribution in [1.82, 2.24) is 0 Å². The van der Waals surface area contributed by atoms with Gasteiger partial charge in [-0.3, -0.25) is 0 Å². The summed E-state index contributed by atoms with van der Waals surface area (Å²) in [5.74, 6) is 0. The van der Waals surface area contributed by atoms with Gasteiger partial charge in [-0.15, -0.1) is 11.3 Å². The number of rotatable bonds is 3. The highest BCUT2D eigenvalue weighted by Crippen LogP contribution is 2.40. The van der Waals surface area contributed by atoms with E-state index in [4.69, 9.17) is 0 Å². The van der Waals surface area contributed by atoms with Crippen molar-refractivity contribution in [1.29, 1.82) is 0 Å². The van der Waals surface area contributed by atoms with Crippen molar-refractivity contribution >= 4 is 11.3 Å². The maximum atomic E-state index is 11.0. The molecule has 1 nitrogen and oxygen atoms in total. The van der Waals surface area contributed by atoms with Crippen LogP contribution in [0.15, 0.2) is 30.3 Å². The molecule has 1 atom stereocenters. The molecule has 1 aliphatic carbocycles. The Kier molecular flexibility index (Phi) is 3.23. The lowest BCUT2D eigenvalue weighted by Crippen LogP contribution is -2.24. The fourth-order valence-electron chi connectivity index (χ4n) is 3.00. The minimum absolute atomic E-state index is 0.656. The zero-order valence-electron chi connectivity index (χ0n) is 11.6. The summed E-state index contributed by atoms with van der Waals surface area (Å²) in [6.07, 6.45) is 3.69. The number of hydrogen-bond donors (Lipinski definition) is 1. The van der Waals surface area contributed by atoms with Crippen molar-refractivity contribution < 1.29 is 5.11 Å². The molecule has 0 bridgehead atoms. The molecule has 1 heterocycles. The summed E-state index contributed by atoms with van der Waals surface area (Å²) < 4.78 is 0. The second kappa shape index (κ2) is 4.77. The van der Waals surface area contributed by atoms with Crippen molar-refractivity contribution in [2.45, 2.75) is 45.1 Å².